The molecule has 4 nitrogen and oxygen atoms in total. The van der Waals surface area contributed by atoms with E-state index in [9.17, 15) is 4.79 Å². The van der Waals surface area contributed by atoms with Gasteiger partial charge in [-0.25, -0.2) is 0 Å². The third kappa shape index (κ3) is 2.57. The molecular formula is C23H30O4. The molecule has 1 aliphatic heterocycles. The Balaban J connectivity index is 1.53. The van der Waals surface area contributed by atoms with Crippen molar-refractivity contribution < 1.29 is 19.0 Å². The zero-order chi connectivity index (χ0) is 19.3. The van der Waals surface area contributed by atoms with Crippen LogP contribution in [0.1, 0.15) is 46.1 Å². The van der Waals surface area contributed by atoms with Crippen LogP contribution in [0, 0.1) is 16.7 Å². The maximum absolute atomic E-state index is 13.2. The first-order valence-electron chi connectivity index (χ1n) is 9.93. The van der Waals surface area contributed by atoms with Crippen LogP contribution in [-0.4, -0.2) is 30.9 Å². The number of ether oxygens (including phenoxy) is 3. The van der Waals surface area contributed by atoms with Gasteiger partial charge in [0.25, 0.3) is 0 Å². The SMILES string of the molecule is CC1=CC(=O)[C@]23OC[C@H]1[C@@]2(C)[C@H](OCOCc1ccccc1)CCC3(C)C. The average molecular weight is 370 g/mol. The minimum Gasteiger partial charge on any atom is -0.365 e. The topological polar surface area (TPSA) is 44.8 Å². The first-order chi connectivity index (χ1) is 12.8. The molecule has 4 rings (SSSR count). The Bertz CT molecular complexity index is 753. The lowest BCUT2D eigenvalue weighted by atomic mass is 9.46. The van der Waals surface area contributed by atoms with E-state index in [4.69, 9.17) is 14.2 Å². The predicted octanol–water partition coefficient (Wildman–Crippen LogP) is 4.29. The predicted molar refractivity (Wildman–Crippen MR) is 103 cm³/mol. The molecule has 4 atom stereocenters. The first kappa shape index (κ1) is 18.9. The van der Waals surface area contributed by atoms with Gasteiger partial charge in [-0.3, -0.25) is 4.79 Å². The van der Waals surface area contributed by atoms with Crippen molar-refractivity contribution in [2.45, 2.75) is 58.8 Å². The fraction of sp³-hybridized carbons (Fsp3) is 0.609. The van der Waals surface area contributed by atoms with Crippen LogP contribution in [0.5, 0.6) is 0 Å². The third-order valence-corrected chi connectivity index (χ3v) is 7.32. The molecule has 2 aliphatic carbocycles. The van der Waals surface area contributed by atoms with Crippen LogP contribution in [0.2, 0.25) is 0 Å². The molecule has 3 aliphatic rings. The molecule has 2 fully saturated rings. The molecule has 0 spiro atoms. The quantitative estimate of drug-likeness (QED) is 0.573. The Kier molecular flexibility index (Phi) is 4.57. The van der Waals surface area contributed by atoms with Crippen LogP contribution >= 0.6 is 0 Å². The molecule has 2 bridgehead atoms. The summed E-state index contributed by atoms with van der Waals surface area (Å²) in [5, 5.41) is 0. The van der Waals surface area contributed by atoms with Crippen molar-refractivity contribution in [3.63, 3.8) is 0 Å². The largest absolute Gasteiger partial charge is 0.365 e. The van der Waals surface area contributed by atoms with Crippen LogP contribution in [0.15, 0.2) is 42.0 Å². The molecule has 0 aromatic heterocycles. The van der Waals surface area contributed by atoms with E-state index in [2.05, 4.69) is 27.7 Å². The number of carbonyl (C=O) groups is 1. The number of benzene rings is 1. The monoisotopic (exact) mass is 370 g/mol. The Hall–Kier alpha value is -1.49. The minimum atomic E-state index is -0.799. The second kappa shape index (κ2) is 6.54. The fourth-order valence-electron chi connectivity index (χ4n) is 5.93. The van der Waals surface area contributed by atoms with Crippen LogP contribution < -0.4 is 0 Å². The zero-order valence-corrected chi connectivity index (χ0v) is 16.8. The molecule has 0 N–H and O–H groups in total. The van der Waals surface area contributed by atoms with Gasteiger partial charge in [0.2, 0.25) is 0 Å². The van der Waals surface area contributed by atoms with Crippen molar-refractivity contribution in [3.8, 4) is 0 Å². The smallest absolute Gasteiger partial charge is 0.188 e. The molecular weight excluding hydrogens is 340 g/mol. The second-order valence-corrected chi connectivity index (χ2v) is 9.11. The highest BCUT2D eigenvalue weighted by Gasteiger charge is 2.74. The lowest BCUT2D eigenvalue weighted by molar-refractivity contribution is -0.230. The van der Waals surface area contributed by atoms with E-state index < -0.39 is 5.60 Å². The molecule has 0 radical (unpaired) electrons. The summed E-state index contributed by atoms with van der Waals surface area (Å²) in [4.78, 5) is 13.2. The second-order valence-electron chi connectivity index (χ2n) is 9.11. The van der Waals surface area contributed by atoms with E-state index in [0.717, 1.165) is 24.0 Å². The van der Waals surface area contributed by atoms with Gasteiger partial charge in [-0.15, -0.1) is 0 Å². The number of hydrogen-bond acceptors (Lipinski definition) is 4. The Morgan fingerprint density at radius 1 is 1.19 bits per heavy atom. The molecule has 1 saturated heterocycles. The summed E-state index contributed by atoms with van der Waals surface area (Å²) in [6, 6.07) is 10.1. The number of ketones is 1. The highest BCUT2D eigenvalue weighted by Crippen LogP contribution is 2.66. The summed E-state index contributed by atoms with van der Waals surface area (Å²) in [6.07, 6.45) is 3.58. The van der Waals surface area contributed by atoms with Gasteiger partial charge < -0.3 is 14.2 Å². The van der Waals surface area contributed by atoms with E-state index in [-0.39, 0.29) is 35.4 Å². The summed E-state index contributed by atoms with van der Waals surface area (Å²) in [6.45, 7) is 9.94. The van der Waals surface area contributed by atoms with Gasteiger partial charge in [0, 0.05) is 16.7 Å². The minimum absolute atomic E-state index is 0.0543. The van der Waals surface area contributed by atoms with E-state index in [1.165, 1.54) is 0 Å². The first-order valence-corrected chi connectivity index (χ1v) is 9.93. The Morgan fingerprint density at radius 2 is 1.93 bits per heavy atom. The molecule has 0 amide bonds. The average Bonchev–Trinajstić information content (AvgIpc) is 2.89. The summed E-state index contributed by atoms with van der Waals surface area (Å²) >= 11 is 0. The summed E-state index contributed by atoms with van der Waals surface area (Å²) in [5.74, 6) is 0.327. The van der Waals surface area contributed by atoms with E-state index in [0.29, 0.717) is 13.2 Å². The lowest BCUT2D eigenvalue weighted by Crippen LogP contribution is -2.69. The van der Waals surface area contributed by atoms with Gasteiger partial charge in [0.15, 0.2) is 5.78 Å². The molecule has 0 unspecified atom stereocenters. The van der Waals surface area contributed by atoms with Gasteiger partial charge in [-0.05, 0) is 31.4 Å². The summed E-state index contributed by atoms with van der Waals surface area (Å²) < 4.78 is 18.4. The molecule has 146 valence electrons. The highest BCUT2D eigenvalue weighted by molar-refractivity contribution is 6.01. The van der Waals surface area contributed by atoms with Gasteiger partial charge in [-0.2, -0.15) is 0 Å². The Labute approximate surface area is 161 Å². The standard InChI is InChI=1S/C23H30O4/c1-16-12-19(24)23-21(2,3)11-10-20(22(23,4)18(16)14-27-23)26-15-25-13-17-8-6-5-7-9-17/h5-9,12,18,20H,10-11,13-15H2,1-4H3/t18-,20-,22+,23-/m1/s1. The fourth-order valence-corrected chi connectivity index (χ4v) is 5.93. The van der Waals surface area contributed by atoms with Crippen molar-refractivity contribution >= 4 is 5.78 Å². The van der Waals surface area contributed by atoms with E-state index >= 15 is 0 Å². The molecule has 1 heterocycles. The molecule has 1 aromatic rings. The normalized spacial score (nSPS) is 37.0. The lowest BCUT2D eigenvalue weighted by Gasteiger charge is -2.60. The zero-order valence-electron chi connectivity index (χ0n) is 16.8. The van der Waals surface area contributed by atoms with Crippen molar-refractivity contribution in [1.82, 2.24) is 0 Å². The molecule has 4 heteroatoms. The number of carbonyl (C=O) groups excluding carboxylic acids is 1. The Morgan fingerprint density at radius 3 is 2.67 bits per heavy atom. The molecule has 1 saturated carbocycles. The van der Waals surface area contributed by atoms with E-state index in [1.807, 2.05) is 36.4 Å². The summed E-state index contributed by atoms with van der Waals surface area (Å²) in [5.41, 5.74) is 0.874. The summed E-state index contributed by atoms with van der Waals surface area (Å²) in [7, 11) is 0. The van der Waals surface area contributed by atoms with Gasteiger partial charge in [0.05, 0.1) is 19.3 Å². The third-order valence-electron chi connectivity index (χ3n) is 7.32. The van der Waals surface area contributed by atoms with Crippen LogP contribution in [0.4, 0.5) is 0 Å². The van der Waals surface area contributed by atoms with Crippen LogP contribution in [0.3, 0.4) is 0 Å². The van der Waals surface area contributed by atoms with Crippen molar-refractivity contribution in [3.05, 3.63) is 47.5 Å². The van der Waals surface area contributed by atoms with Crippen molar-refractivity contribution in [2.24, 2.45) is 16.7 Å². The molecule has 1 aromatic carbocycles. The molecule has 27 heavy (non-hydrogen) atoms. The number of hydrogen-bond donors (Lipinski definition) is 0. The highest BCUT2D eigenvalue weighted by atomic mass is 16.7. The number of rotatable bonds is 5. The van der Waals surface area contributed by atoms with Crippen molar-refractivity contribution in [2.75, 3.05) is 13.4 Å². The van der Waals surface area contributed by atoms with E-state index in [1.54, 1.807) is 0 Å². The van der Waals surface area contributed by atoms with Gasteiger partial charge in [-0.1, -0.05) is 56.7 Å². The van der Waals surface area contributed by atoms with Gasteiger partial charge >= 0.3 is 0 Å². The maximum Gasteiger partial charge on any atom is 0.188 e. The maximum atomic E-state index is 13.2. The van der Waals surface area contributed by atoms with Crippen LogP contribution in [-0.2, 0) is 25.6 Å². The van der Waals surface area contributed by atoms with Crippen molar-refractivity contribution in [1.29, 1.82) is 0 Å². The van der Waals surface area contributed by atoms with Gasteiger partial charge in [0.1, 0.15) is 12.4 Å². The van der Waals surface area contributed by atoms with Crippen LogP contribution in [0.25, 0.3) is 0 Å².